The summed E-state index contributed by atoms with van der Waals surface area (Å²) in [7, 11) is 0. The monoisotopic (exact) mass is 295 g/mol. The Hall–Kier alpha value is -2.09. The number of rotatable bonds is 5. The molecule has 0 radical (unpaired) electrons. The van der Waals surface area contributed by atoms with Gasteiger partial charge < -0.3 is 20.7 Å². The van der Waals surface area contributed by atoms with E-state index in [-0.39, 0.29) is 24.8 Å². The van der Waals surface area contributed by atoms with Gasteiger partial charge in [-0.2, -0.15) is 5.10 Å². The average Bonchev–Trinajstić information content (AvgIpc) is 2.89. The number of hydrogen-bond donors (Lipinski definition) is 2. The fourth-order valence-electron chi connectivity index (χ4n) is 2.23. The summed E-state index contributed by atoms with van der Waals surface area (Å²) in [6.45, 7) is 5.10. The zero-order valence-corrected chi connectivity index (χ0v) is 12.2. The van der Waals surface area contributed by atoms with E-state index >= 15 is 0 Å². The minimum Gasteiger partial charge on any atom is -0.396 e. The highest BCUT2D eigenvalue weighted by Crippen LogP contribution is 2.10. The second kappa shape index (κ2) is 7.07. The molecule has 0 bridgehead atoms. The predicted molar refractivity (Wildman–Crippen MR) is 76.7 cm³/mol. The van der Waals surface area contributed by atoms with E-state index in [1.54, 1.807) is 4.90 Å². The van der Waals surface area contributed by atoms with Gasteiger partial charge in [0.25, 0.3) is 5.91 Å². The molecule has 1 aromatic rings. The van der Waals surface area contributed by atoms with Gasteiger partial charge >= 0.3 is 0 Å². The Morgan fingerprint density at radius 2 is 2.14 bits per heavy atom. The maximum Gasteiger partial charge on any atom is 0.271 e. The number of aryl methyl sites for hydroxylation is 1. The third kappa shape index (κ3) is 3.72. The molecule has 1 aromatic heterocycles. The Bertz CT molecular complexity index is 508. The standard InChI is InChI=1S/C13H21N5O3/c1-2-18-12(10(14)9-16-18)13(20)15-4-3-11(19)17-5-7-21-8-6-17/h9H,2-8,14H2,1H3,(H,15,20). The van der Waals surface area contributed by atoms with Crippen molar-refractivity contribution in [3.63, 3.8) is 0 Å². The summed E-state index contributed by atoms with van der Waals surface area (Å²) in [5.74, 6) is -0.280. The number of carbonyl (C=O) groups excluding carboxylic acids is 2. The van der Waals surface area contributed by atoms with E-state index in [1.807, 2.05) is 6.92 Å². The molecule has 1 aliphatic rings. The molecular weight excluding hydrogens is 274 g/mol. The number of nitrogens with one attached hydrogen (secondary N) is 1. The number of ether oxygens (including phenoxy) is 1. The van der Waals surface area contributed by atoms with Crippen LogP contribution < -0.4 is 11.1 Å². The van der Waals surface area contributed by atoms with Gasteiger partial charge in [0.05, 0.1) is 25.1 Å². The lowest BCUT2D eigenvalue weighted by Crippen LogP contribution is -2.42. The molecule has 2 amide bonds. The molecule has 3 N–H and O–H groups in total. The van der Waals surface area contributed by atoms with Gasteiger partial charge in [0, 0.05) is 32.6 Å². The first-order valence-corrected chi connectivity index (χ1v) is 7.08. The first kappa shape index (κ1) is 15.3. The number of amides is 2. The number of anilines is 1. The number of nitrogens with zero attached hydrogens (tertiary/aromatic N) is 3. The van der Waals surface area contributed by atoms with Crippen LogP contribution in [0.4, 0.5) is 5.69 Å². The molecule has 1 saturated heterocycles. The van der Waals surface area contributed by atoms with E-state index < -0.39 is 0 Å². The van der Waals surface area contributed by atoms with Crippen molar-refractivity contribution in [1.82, 2.24) is 20.0 Å². The number of morpholine rings is 1. The molecule has 2 rings (SSSR count). The van der Waals surface area contributed by atoms with Crippen molar-refractivity contribution >= 4 is 17.5 Å². The van der Waals surface area contributed by atoms with E-state index in [4.69, 9.17) is 10.5 Å². The Morgan fingerprint density at radius 1 is 1.43 bits per heavy atom. The van der Waals surface area contributed by atoms with Crippen molar-refractivity contribution in [1.29, 1.82) is 0 Å². The van der Waals surface area contributed by atoms with Crippen LogP contribution >= 0.6 is 0 Å². The summed E-state index contributed by atoms with van der Waals surface area (Å²) in [4.78, 5) is 25.8. The van der Waals surface area contributed by atoms with Crippen LogP contribution in [0, 0.1) is 0 Å². The molecule has 0 aromatic carbocycles. The van der Waals surface area contributed by atoms with Gasteiger partial charge in [0.1, 0.15) is 5.69 Å². The molecule has 2 heterocycles. The second-order valence-electron chi connectivity index (χ2n) is 4.76. The van der Waals surface area contributed by atoms with Gasteiger partial charge in [-0.1, -0.05) is 0 Å². The van der Waals surface area contributed by atoms with Crippen molar-refractivity contribution in [2.75, 3.05) is 38.6 Å². The lowest BCUT2D eigenvalue weighted by Gasteiger charge is -2.26. The Balaban J connectivity index is 1.81. The van der Waals surface area contributed by atoms with E-state index in [2.05, 4.69) is 10.4 Å². The van der Waals surface area contributed by atoms with Crippen molar-refractivity contribution in [2.45, 2.75) is 19.9 Å². The zero-order valence-electron chi connectivity index (χ0n) is 12.2. The van der Waals surface area contributed by atoms with Crippen LogP contribution in [-0.4, -0.2) is 59.3 Å². The number of nitrogen functional groups attached to an aromatic ring is 1. The maximum absolute atomic E-state index is 12.1. The minimum absolute atomic E-state index is 0.0237. The van der Waals surface area contributed by atoms with E-state index in [0.29, 0.717) is 44.2 Å². The van der Waals surface area contributed by atoms with E-state index in [0.717, 1.165) is 0 Å². The lowest BCUT2D eigenvalue weighted by atomic mass is 10.3. The molecule has 1 aliphatic heterocycles. The molecule has 21 heavy (non-hydrogen) atoms. The molecule has 116 valence electrons. The second-order valence-corrected chi connectivity index (χ2v) is 4.76. The largest absolute Gasteiger partial charge is 0.396 e. The highest BCUT2D eigenvalue weighted by atomic mass is 16.5. The molecule has 0 spiro atoms. The Morgan fingerprint density at radius 3 is 2.81 bits per heavy atom. The summed E-state index contributed by atoms with van der Waals surface area (Å²) in [5.41, 5.74) is 6.42. The maximum atomic E-state index is 12.1. The summed E-state index contributed by atoms with van der Waals surface area (Å²) < 4.78 is 6.73. The highest BCUT2D eigenvalue weighted by molar-refractivity contribution is 5.97. The molecule has 0 atom stereocenters. The van der Waals surface area contributed by atoms with Crippen LogP contribution in [0.5, 0.6) is 0 Å². The first-order valence-electron chi connectivity index (χ1n) is 7.08. The topological polar surface area (TPSA) is 102 Å². The van der Waals surface area contributed by atoms with Crippen LogP contribution in [0.3, 0.4) is 0 Å². The van der Waals surface area contributed by atoms with E-state index in [9.17, 15) is 9.59 Å². The van der Waals surface area contributed by atoms with Gasteiger partial charge in [-0.3, -0.25) is 14.3 Å². The van der Waals surface area contributed by atoms with Crippen molar-refractivity contribution in [3.05, 3.63) is 11.9 Å². The molecule has 8 heteroatoms. The summed E-state index contributed by atoms with van der Waals surface area (Å²) in [5, 5.41) is 6.73. The van der Waals surface area contributed by atoms with Crippen LogP contribution in [0.1, 0.15) is 23.8 Å². The van der Waals surface area contributed by atoms with Gasteiger partial charge in [-0.05, 0) is 6.92 Å². The Labute approximate surface area is 123 Å². The third-order valence-electron chi connectivity index (χ3n) is 3.37. The fraction of sp³-hybridized carbons (Fsp3) is 0.615. The fourth-order valence-corrected chi connectivity index (χ4v) is 2.23. The third-order valence-corrected chi connectivity index (χ3v) is 3.37. The van der Waals surface area contributed by atoms with Crippen LogP contribution in [0.25, 0.3) is 0 Å². The molecule has 1 fully saturated rings. The SMILES string of the molecule is CCn1ncc(N)c1C(=O)NCCC(=O)N1CCOCC1. The average molecular weight is 295 g/mol. The lowest BCUT2D eigenvalue weighted by molar-refractivity contribution is -0.135. The van der Waals surface area contributed by atoms with Gasteiger partial charge in [-0.25, -0.2) is 0 Å². The molecule has 0 aliphatic carbocycles. The number of nitrogens with two attached hydrogens (primary N) is 1. The molecule has 8 nitrogen and oxygen atoms in total. The normalized spacial score (nSPS) is 15.0. The minimum atomic E-state index is -0.304. The highest BCUT2D eigenvalue weighted by Gasteiger charge is 2.18. The van der Waals surface area contributed by atoms with Gasteiger partial charge in [0.2, 0.25) is 5.91 Å². The summed E-state index contributed by atoms with van der Waals surface area (Å²) >= 11 is 0. The predicted octanol–water partition coefficient (Wildman–Crippen LogP) is -0.536. The summed E-state index contributed by atoms with van der Waals surface area (Å²) in [6.07, 6.45) is 1.73. The summed E-state index contributed by atoms with van der Waals surface area (Å²) in [6, 6.07) is 0. The van der Waals surface area contributed by atoms with Crippen molar-refractivity contribution < 1.29 is 14.3 Å². The quantitative estimate of drug-likeness (QED) is 0.760. The Kier molecular flexibility index (Phi) is 5.15. The van der Waals surface area contributed by atoms with E-state index in [1.165, 1.54) is 10.9 Å². The zero-order chi connectivity index (χ0) is 15.2. The smallest absolute Gasteiger partial charge is 0.271 e. The van der Waals surface area contributed by atoms with Crippen LogP contribution in [0.2, 0.25) is 0 Å². The first-order chi connectivity index (χ1) is 10.1. The number of carbonyl (C=O) groups is 2. The molecular formula is C13H21N5O3. The molecule has 0 saturated carbocycles. The number of aromatic nitrogens is 2. The van der Waals surface area contributed by atoms with Crippen LogP contribution in [-0.2, 0) is 16.1 Å². The van der Waals surface area contributed by atoms with Gasteiger partial charge in [0.15, 0.2) is 0 Å². The van der Waals surface area contributed by atoms with Crippen LogP contribution in [0.15, 0.2) is 6.20 Å². The van der Waals surface area contributed by atoms with Gasteiger partial charge in [-0.15, -0.1) is 0 Å². The molecule has 0 unspecified atom stereocenters. The number of hydrogen-bond acceptors (Lipinski definition) is 5. The van der Waals surface area contributed by atoms with Crippen molar-refractivity contribution in [3.8, 4) is 0 Å². The van der Waals surface area contributed by atoms with Crippen molar-refractivity contribution in [2.24, 2.45) is 0 Å².